The van der Waals surface area contributed by atoms with Crippen molar-refractivity contribution in [3.05, 3.63) is 95.7 Å². The Labute approximate surface area is 304 Å². The number of nitrogens with zero attached hydrogens (tertiary/aromatic N) is 5. The summed E-state index contributed by atoms with van der Waals surface area (Å²) in [4.78, 5) is 75.2. The van der Waals surface area contributed by atoms with E-state index in [0.29, 0.717) is 51.4 Å². The van der Waals surface area contributed by atoms with E-state index in [-0.39, 0.29) is 60.2 Å². The van der Waals surface area contributed by atoms with Gasteiger partial charge in [0.25, 0.3) is 5.56 Å². The summed E-state index contributed by atoms with van der Waals surface area (Å²) in [5.74, 6) is -0.320. The number of rotatable bonds is 8. The van der Waals surface area contributed by atoms with Gasteiger partial charge in [0.05, 0.1) is 49.9 Å². The Kier molecular flexibility index (Phi) is 8.42. The number of aromatic hydroxyl groups is 1. The lowest BCUT2D eigenvalue weighted by Gasteiger charge is -2.58. The lowest BCUT2D eigenvalue weighted by atomic mass is 9.43. The maximum absolute atomic E-state index is 14.5. The molecule has 2 aliphatic carbocycles. The maximum atomic E-state index is 14.5. The number of phenols is 1. The van der Waals surface area contributed by atoms with E-state index in [1.165, 1.54) is 28.2 Å². The van der Waals surface area contributed by atoms with Gasteiger partial charge >= 0.3 is 11.4 Å². The van der Waals surface area contributed by atoms with Gasteiger partial charge in [0.15, 0.2) is 34.6 Å². The number of phenolic OH excluding ortho intramolecular Hbond substituents is 1. The van der Waals surface area contributed by atoms with Crippen LogP contribution >= 0.6 is 0 Å². The van der Waals surface area contributed by atoms with Crippen LogP contribution in [0.3, 0.4) is 0 Å². The number of aromatic nitrogens is 5. The second-order valence-electron chi connectivity index (χ2n) is 14.4. The first-order valence-corrected chi connectivity index (χ1v) is 17.6. The van der Waals surface area contributed by atoms with Gasteiger partial charge in [-0.15, -0.1) is 0 Å². The van der Waals surface area contributed by atoms with Crippen LogP contribution in [-0.4, -0.2) is 61.0 Å². The Morgan fingerprint density at radius 2 is 1.62 bits per heavy atom. The van der Waals surface area contributed by atoms with Gasteiger partial charge in [0.1, 0.15) is 5.69 Å². The topological polar surface area (TPSA) is 166 Å². The molecular weight excluding hydrogens is 682 g/mol. The second kappa shape index (κ2) is 12.5. The van der Waals surface area contributed by atoms with Crippen molar-refractivity contribution in [2.24, 2.45) is 17.9 Å². The van der Waals surface area contributed by atoms with Crippen molar-refractivity contribution in [3.63, 3.8) is 0 Å². The summed E-state index contributed by atoms with van der Waals surface area (Å²) in [5, 5.41) is 11.6. The van der Waals surface area contributed by atoms with Gasteiger partial charge < -0.3 is 23.9 Å². The van der Waals surface area contributed by atoms with Crippen molar-refractivity contribution >= 4 is 22.6 Å². The molecule has 3 heterocycles. The average Bonchev–Trinajstić information content (AvgIpc) is 3.39. The molecule has 0 amide bonds. The predicted molar refractivity (Wildman–Crippen MR) is 195 cm³/mol. The highest BCUT2D eigenvalue weighted by atomic mass is 16.5. The molecule has 0 radical (unpaired) electrons. The number of methoxy groups -OCH3 is 2. The lowest BCUT2D eigenvalue weighted by Crippen LogP contribution is -2.61. The van der Waals surface area contributed by atoms with E-state index in [1.807, 2.05) is 6.08 Å². The minimum absolute atomic E-state index is 0.00964. The summed E-state index contributed by atoms with van der Waals surface area (Å²) in [7, 11) is 4.61. The normalized spacial score (nSPS) is 23.7. The fourth-order valence-corrected chi connectivity index (χ4v) is 8.91. The number of aryl methyl sites for hydroxylation is 2. The number of para-hydroxylation sites is 1. The molecular formula is C39H43N5O9. The van der Waals surface area contributed by atoms with E-state index < -0.39 is 34.2 Å². The number of ketones is 2. The molecule has 0 spiro atoms. The minimum Gasteiger partial charge on any atom is -0.504 e. The van der Waals surface area contributed by atoms with Crippen LogP contribution in [0.4, 0.5) is 0 Å². The highest BCUT2D eigenvalue weighted by molar-refractivity contribution is 6.17. The molecule has 14 heteroatoms. The van der Waals surface area contributed by atoms with Crippen LogP contribution in [0.25, 0.3) is 11.0 Å². The van der Waals surface area contributed by atoms with Gasteiger partial charge in [-0.3, -0.25) is 14.4 Å². The molecule has 4 atom stereocenters. The number of carbonyl (C=O) groups excluding carboxylic acids is 2. The number of hydrogen-bond acceptors (Lipinski definition) is 10. The number of benzene rings is 2. The molecule has 14 nitrogen and oxygen atoms in total. The summed E-state index contributed by atoms with van der Waals surface area (Å²) in [6, 6.07) is 7.60. The fourth-order valence-electron chi connectivity index (χ4n) is 8.91. The number of hydrogen-bond donors (Lipinski definition) is 1. The number of fused-ring (bicyclic) bond motifs is 5. The van der Waals surface area contributed by atoms with Crippen LogP contribution in [0.5, 0.6) is 23.0 Å². The third-order valence-electron chi connectivity index (χ3n) is 12.1. The van der Waals surface area contributed by atoms with E-state index in [1.54, 1.807) is 72.0 Å². The van der Waals surface area contributed by atoms with Gasteiger partial charge in [-0.05, 0) is 50.0 Å². The largest absolute Gasteiger partial charge is 0.504 e. The highest BCUT2D eigenvalue weighted by Gasteiger charge is 2.67. The zero-order valence-electron chi connectivity index (χ0n) is 31.1. The van der Waals surface area contributed by atoms with Crippen molar-refractivity contribution in [2.75, 3.05) is 20.8 Å². The Morgan fingerprint density at radius 1 is 0.943 bits per heavy atom. The molecule has 0 bridgehead atoms. The average molecular weight is 726 g/mol. The van der Waals surface area contributed by atoms with Gasteiger partial charge in [0.2, 0.25) is 0 Å². The van der Waals surface area contributed by atoms with E-state index in [0.717, 1.165) is 4.57 Å². The Morgan fingerprint density at radius 3 is 2.30 bits per heavy atom. The zero-order chi connectivity index (χ0) is 38.3. The van der Waals surface area contributed by atoms with Crippen LogP contribution in [-0.2, 0) is 36.1 Å². The smallest absolute Gasteiger partial charge is 0.347 e. The molecule has 2 aromatic carbocycles. The van der Waals surface area contributed by atoms with Crippen molar-refractivity contribution in [2.45, 2.75) is 72.5 Å². The quantitative estimate of drug-likeness (QED) is 0.266. The molecule has 2 aromatic heterocycles. The monoisotopic (exact) mass is 725 g/mol. The standard InChI is InChI=1S/C39H43N5O9/c1-9-53-28-12-10-11-23(32(28)45)31-22-13-16-43-36(49)42(15-14-24-35(48)41(6)26-18-30(52-8)29(51-7)17-25(26)40-24)37(50)44(43)27(22)19-38(4)33(46)20(2)21(3)34(47)39(31,38)5/h10-13,17-18,27,31,45H,9,14-16,19H2,1-8H3. The van der Waals surface area contributed by atoms with E-state index in [4.69, 9.17) is 14.2 Å². The van der Waals surface area contributed by atoms with Crippen molar-refractivity contribution in [1.29, 1.82) is 0 Å². The molecule has 53 heavy (non-hydrogen) atoms. The first-order chi connectivity index (χ1) is 25.2. The number of carbonyl (C=O) groups is 2. The number of Topliss-reactive ketones (excluding diaryl/α,β-unsaturated/α-hetero) is 2. The van der Waals surface area contributed by atoms with Crippen LogP contribution < -0.4 is 31.1 Å². The Hall–Kier alpha value is -5.66. The summed E-state index contributed by atoms with van der Waals surface area (Å²) in [5.41, 5.74) is -1.35. The molecule has 1 saturated carbocycles. The van der Waals surface area contributed by atoms with Crippen LogP contribution in [0.1, 0.15) is 64.3 Å². The summed E-state index contributed by atoms with van der Waals surface area (Å²) >= 11 is 0. The Balaban J connectivity index is 1.35. The van der Waals surface area contributed by atoms with Gasteiger partial charge in [-0.1, -0.05) is 32.1 Å². The molecule has 1 aliphatic heterocycles. The summed E-state index contributed by atoms with van der Waals surface area (Å²) in [6.45, 7) is 8.78. The summed E-state index contributed by atoms with van der Waals surface area (Å²) < 4.78 is 21.8. The fraction of sp³-hybridized carbons (Fsp3) is 0.436. The highest BCUT2D eigenvalue weighted by Crippen LogP contribution is 2.67. The first kappa shape index (κ1) is 35.7. The van der Waals surface area contributed by atoms with Crippen LogP contribution in [0.2, 0.25) is 0 Å². The SMILES string of the molecule is CCOc1cccc(C2C3=CCn4c(=O)n(CCc5nc6cc(OC)c(OC)cc6n(C)c5=O)c(=O)n4C3CC3(C)C(=O)C(C)=C(C)C(=O)C23C)c1O. The minimum atomic E-state index is -1.35. The van der Waals surface area contributed by atoms with Crippen LogP contribution in [0.15, 0.2) is 67.5 Å². The molecule has 4 unspecified atom stereocenters. The molecule has 1 N–H and O–H groups in total. The van der Waals surface area contributed by atoms with E-state index in [9.17, 15) is 29.1 Å². The summed E-state index contributed by atoms with van der Waals surface area (Å²) in [6.07, 6.45) is 1.88. The molecule has 0 saturated heterocycles. The second-order valence-corrected chi connectivity index (χ2v) is 14.4. The van der Waals surface area contributed by atoms with Crippen LogP contribution in [0, 0.1) is 10.8 Å². The van der Waals surface area contributed by atoms with E-state index in [2.05, 4.69) is 4.98 Å². The molecule has 7 rings (SSSR count). The van der Waals surface area contributed by atoms with Crippen molar-refractivity contribution in [3.8, 4) is 23.0 Å². The van der Waals surface area contributed by atoms with Gasteiger partial charge in [0, 0.05) is 49.0 Å². The lowest BCUT2D eigenvalue weighted by molar-refractivity contribution is -0.151. The van der Waals surface area contributed by atoms with Gasteiger partial charge in [-0.2, -0.15) is 0 Å². The predicted octanol–water partition coefficient (Wildman–Crippen LogP) is 3.59. The Bertz CT molecular complexity index is 2500. The molecule has 3 aliphatic rings. The maximum Gasteiger partial charge on any atom is 0.347 e. The molecule has 4 aromatic rings. The van der Waals surface area contributed by atoms with Crippen molar-refractivity contribution in [1.82, 2.24) is 23.5 Å². The molecule has 278 valence electrons. The van der Waals surface area contributed by atoms with Crippen molar-refractivity contribution < 1.29 is 28.9 Å². The third-order valence-corrected chi connectivity index (χ3v) is 12.1. The number of allylic oxidation sites excluding steroid dienone is 4. The third kappa shape index (κ3) is 4.83. The first-order valence-electron chi connectivity index (χ1n) is 17.6. The molecule has 1 fully saturated rings. The van der Waals surface area contributed by atoms with Gasteiger partial charge in [-0.25, -0.2) is 28.5 Å². The number of ether oxygens (including phenoxy) is 3. The van der Waals surface area contributed by atoms with E-state index >= 15 is 0 Å². The zero-order valence-corrected chi connectivity index (χ0v) is 31.1.